The van der Waals surface area contributed by atoms with Crippen LogP contribution in [0.2, 0.25) is 0 Å². The van der Waals surface area contributed by atoms with Gasteiger partial charge >= 0.3 is 0 Å². The molecule has 18 heavy (non-hydrogen) atoms. The maximum absolute atomic E-state index is 13.0. The van der Waals surface area contributed by atoms with Crippen LogP contribution in [-0.2, 0) is 6.54 Å². The summed E-state index contributed by atoms with van der Waals surface area (Å²) in [6, 6.07) is 8.47. The number of halogens is 1. The number of furan rings is 1. The highest BCUT2D eigenvalue weighted by atomic mass is 32.1. The molecule has 3 nitrogen and oxygen atoms in total. The molecular formula is C13H11FN2OS. The molecule has 1 aromatic carbocycles. The van der Waals surface area contributed by atoms with Gasteiger partial charge in [-0.3, -0.25) is 0 Å². The monoisotopic (exact) mass is 262 g/mol. The third-order valence-electron chi connectivity index (χ3n) is 2.56. The van der Waals surface area contributed by atoms with Gasteiger partial charge in [0.05, 0.1) is 16.8 Å². The summed E-state index contributed by atoms with van der Waals surface area (Å²) in [4.78, 5) is 4.32. The Bertz CT molecular complexity index is 689. The van der Waals surface area contributed by atoms with E-state index in [0.717, 1.165) is 21.4 Å². The van der Waals surface area contributed by atoms with Crippen molar-refractivity contribution in [3.63, 3.8) is 0 Å². The molecule has 0 fully saturated rings. The van der Waals surface area contributed by atoms with Crippen molar-refractivity contribution in [2.24, 2.45) is 0 Å². The molecule has 0 saturated heterocycles. The van der Waals surface area contributed by atoms with Crippen LogP contribution in [0.25, 0.3) is 10.2 Å². The number of nitrogens with one attached hydrogen (secondary N) is 1. The van der Waals surface area contributed by atoms with Crippen LogP contribution in [0, 0.1) is 12.7 Å². The van der Waals surface area contributed by atoms with Crippen LogP contribution >= 0.6 is 11.3 Å². The van der Waals surface area contributed by atoms with Gasteiger partial charge in [0.25, 0.3) is 0 Å². The predicted octanol–water partition coefficient (Wildman–Crippen LogP) is 3.95. The van der Waals surface area contributed by atoms with Gasteiger partial charge in [0.1, 0.15) is 17.3 Å². The molecule has 92 valence electrons. The van der Waals surface area contributed by atoms with Gasteiger partial charge in [0.2, 0.25) is 0 Å². The van der Waals surface area contributed by atoms with Gasteiger partial charge in [-0.15, -0.1) is 0 Å². The van der Waals surface area contributed by atoms with Crippen LogP contribution in [0.15, 0.2) is 34.7 Å². The van der Waals surface area contributed by atoms with Crippen molar-refractivity contribution in [2.75, 3.05) is 5.32 Å². The van der Waals surface area contributed by atoms with Crippen LogP contribution in [0.1, 0.15) is 11.5 Å². The number of aromatic nitrogens is 1. The van der Waals surface area contributed by atoms with E-state index in [9.17, 15) is 4.39 Å². The number of benzene rings is 1. The largest absolute Gasteiger partial charge is 0.465 e. The van der Waals surface area contributed by atoms with Gasteiger partial charge in [0, 0.05) is 6.07 Å². The molecule has 3 aromatic rings. The van der Waals surface area contributed by atoms with E-state index in [0.29, 0.717) is 12.1 Å². The summed E-state index contributed by atoms with van der Waals surface area (Å²) in [6.07, 6.45) is 0. The molecule has 0 spiro atoms. The molecule has 0 bridgehead atoms. The highest BCUT2D eigenvalue weighted by Gasteiger charge is 2.05. The Hall–Kier alpha value is -1.88. The van der Waals surface area contributed by atoms with E-state index >= 15 is 0 Å². The van der Waals surface area contributed by atoms with E-state index in [2.05, 4.69) is 10.3 Å². The van der Waals surface area contributed by atoms with E-state index in [1.807, 2.05) is 19.1 Å². The molecule has 0 amide bonds. The van der Waals surface area contributed by atoms with Crippen molar-refractivity contribution in [3.05, 3.63) is 47.7 Å². The minimum absolute atomic E-state index is 0.263. The molecule has 2 heterocycles. The summed E-state index contributed by atoms with van der Waals surface area (Å²) in [5.74, 6) is 1.48. The lowest BCUT2D eigenvalue weighted by atomic mass is 10.3. The smallest absolute Gasteiger partial charge is 0.184 e. The third-order valence-corrected chi connectivity index (χ3v) is 3.55. The first kappa shape index (κ1) is 11.2. The van der Waals surface area contributed by atoms with Crippen LogP contribution in [-0.4, -0.2) is 4.98 Å². The lowest BCUT2D eigenvalue weighted by Gasteiger charge is -1.97. The molecule has 0 aliphatic rings. The second-order valence-electron chi connectivity index (χ2n) is 4.00. The first-order valence-electron chi connectivity index (χ1n) is 5.56. The zero-order valence-corrected chi connectivity index (χ0v) is 10.6. The summed E-state index contributed by atoms with van der Waals surface area (Å²) in [5, 5.41) is 3.94. The quantitative estimate of drug-likeness (QED) is 0.776. The highest BCUT2D eigenvalue weighted by molar-refractivity contribution is 7.22. The Morgan fingerprint density at radius 2 is 2.22 bits per heavy atom. The molecule has 0 aliphatic heterocycles. The van der Waals surface area contributed by atoms with Crippen LogP contribution in [0.5, 0.6) is 0 Å². The number of hydrogen-bond donors (Lipinski definition) is 1. The topological polar surface area (TPSA) is 38.1 Å². The first-order chi connectivity index (χ1) is 8.70. The number of fused-ring (bicyclic) bond motifs is 1. The average Bonchev–Trinajstić information content (AvgIpc) is 2.92. The van der Waals surface area contributed by atoms with Crippen molar-refractivity contribution in [1.29, 1.82) is 0 Å². The number of anilines is 1. The number of rotatable bonds is 3. The van der Waals surface area contributed by atoms with E-state index < -0.39 is 0 Å². The fourth-order valence-corrected chi connectivity index (χ4v) is 2.56. The Kier molecular flexibility index (Phi) is 2.76. The van der Waals surface area contributed by atoms with Gasteiger partial charge in [-0.25, -0.2) is 9.37 Å². The van der Waals surface area contributed by atoms with Gasteiger partial charge < -0.3 is 9.73 Å². The summed E-state index contributed by atoms with van der Waals surface area (Å²) in [5.41, 5.74) is 0.679. The molecule has 1 N–H and O–H groups in total. The van der Waals surface area contributed by atoms with Gasteiger partial charge in [0.15, 0.2) is 5.13 Å². The molecule has 3 rings (SSSR count). The number of aryl methyl sites for hydroxylation is 1. The molecular weight excluding hydrogens is 251 g/mol. The highest BCUT2D eigenvalue weighted by Crippen LogP contribution is 2.26. The Morgan fingerprint density at radius 3 is 3.00 bits per heavy atom. The second kappa shape index (κ2) is 4.42. The van der Waals surface area contributed by atoms with E-state index in [1.165, 1.54) is 23.5 Å². The minimum atomic E-state index is -0.263. The summed E-state index contributed by atoms with van der Waals surface area (Å²) in [6.45, 7) is 2.49. The fourth-order valence-electron chi connectivity index (χ4n) is 1.72. The summed E-state index contributed by atoms with van der Waals surface area (Å²) in [7, 11) is 0. The summed E-state index contributed by atoms with van der Waals surface area (Å²) < 4.78 is 19.4. The molecule has 0 atom stereocenters. The average molecular weight is 262 g/mol. The minimum Gasteiger partial charge on any atom is -0.465 e. The maximum atomic E-state index is 13.0. The summed E-state index contributed by atoms with van der Waals surface area (Å²) >= 11 is 1.50. The molecule has 2 aromatic heterocycles. The van der Waals surface area contributed by atoms with Crippen LogP contribution in [0.4, 0.5) is 9.52 Å². The third kappa shape index (κ3) is 2.22. The molecule has 0 radical (unpaired) electrons. The molecule has 0 saturated carbocycles. The second-order valence-corrected chi connectivity index (χ2v) is 5.03. The SMILES string of the molecule is Cc1ccc(CNc2nc3cc(F)ccc3s2)o1. The van der Waals surface area contributed by atoms with Gasteiger partial charge in [-0.2, -0.15) is 0 Å². The van der Waals surface area contributed by atoms with Crippen molar-refractivity contribution in [3.8, 4) is 0 Å². The van der Waals surface area contributed by atoms with E-state index in [-0.39, 0.29) is 5.82 Å². The lowest BCUT2D eigenvalue weighted by Crippen LogP contribution is -1.96. The Balaban J connectivity index is 1.78. The predicted molar refractivity (Wildman–Crippen MR) is 70.3 cm³/mol. The maximum Gasteiger partial charge on any atom is 0.184 e. The Labute approximate surface area is 107 Å². The van der Waals surface area contributed by atoms with Crippen molar-refractivity contribution >= 4 is 26.7 Å². The first-order valence-corrected chi connectivity index (χ1v) is 6.38. The van der Waals surface area contributed by atoms with Crippen LogP contribution in [0.3, 0.4) is 0 Å². The number of thiazole rings is 1. The molecule has 0 aliphatic carbocycles. The molecule has 5 heteroatoms. The van der Waals surface area contributed by atoms with E-state index in [1.54, 1.807) is 6.07 Å². The number of hydrogen-bond acceptors (Lipinski definition) is 4. The Morgan fingerprint density at radius 1 is 1.33 bits per heavy atom. The van der Waals surface area contributed by atoms with Gasteiger partial charge in [-0.1, -0.05) is 11.3 Å². The molecule has 0 unspecified atom stereocenters. The zero-order valence-electron chi connectivity index (χ0n) is 9.74. The fraction of sp³-hybridized carbons (Fsp3) is 0.154. The standard InChI is InChI=1S/C13H11FN2OS/c1-8-2-4-10(17-8)7-15-13-16-11-6-9(14)3-5-12(11)18-13/h2-6H,7H2,1H3,(H,15,16). The van der Waals surface area contributed by atoms with Crippen molar-refractivity contribution in [2.45, 2.75) is 13.5 Å². The van der Waals surface area contributed by atoms with Crippen LogP contribution < -0.4 is 5.32 Å². The number of nitrogens with zero attached hydrogens (tertiary/aromatic N) is 1. The van der Waals surface area contributed by atoms with E-state index in [4.69, 9.17) is 4.42 Å². The normalized spacial score (nSPS) is 11.0. The zero-order chi connectivity index (χ0) is 12.5. The lowest BCUT2D eigenvalue weighted by molar-refractivity contribution is 0.490. The van der Waals surface area contributed by atoms with Crippen molar-refractivity contribution in [1.82, 2.24) is 4.98 Å². The van der Waals surface area contributed by atoms with Crippen molar-refractivity contribution < 1.29 is 8.81 Å². The van der Waals surface area contributed by atoms with Gasteiger partial charge in [-0.05, 0) is 31.2 Å².